The van der Waals surface area contributed by atoms with E-state index in [1.54, 1.807) is 6.08 Å². The van der Waals surface area contributed by atoms with Gasteiger partial charge in [0, 0.05) is 23.3 Å². The zero-order chi connectivity index (χ0) is 27.4. The molecule has 3 saturated carbocycles. The molecule has 0 unspecified atom stereocenters. The Hall–Kier alpha value is -3.06. The van der Waals surface area contributed by atoms with Crippen LogP contribution < -0.4 is 0 Å². The van der Waals surface area contributed by atoms with E-state index in [0.717, 1.165) is 22.8 Å². The number of hydrogen-bond donors (Lipinski definition) is 2. The van der Waals surface area contributed by atoms with Crippen molar-refractivity contribution in [2.75, 3.05) is 6.61 Å². The van der Waals surface area contributed by atoms with Crippen molar-refractivity contribution in [3.63, 3.8) is 0 Å². The molecule has 39 heavy (non-hydrogen) atoms. The highest BCUT2D eigenvalue weighted by Crippen LogP contribution is 2.75. The number of carbonyl (C=O) groups excluding carboxylic acids is 2. The molecule has 8 rings (SSSR count). The van der Waals surface area contributed by atoms with Crippen LogP contribution in [0.5, 0.6) is 0 Å². The molecule has 2 aromatic carbocycles. The number of ether oxygens (including phenoxy) is 2. The molecule has 0 aromatic heterocycles. The average Bonchev–Trinajstić information content (AvgIpc) is 3.02. The maximum atomic E-state index is 14.1. The molecule has 2 heterocycles. The summed E-state index contributed by atoms with van der Waals surface area (Å²) in [5, 5.41) is 26.2. The quantitative estimate of drug-likeness (QED) is 0.345. The van der Waals surface area contributed by atoms with Gasteiger partial charge in [0.2, 0.25) is 5.79 Å². The number of aliphatic hydroxyl groups is 2. The number of allylic oxidation sites excluding steroid dienone is 1. The van der Waals surface area contributed by atoms with Gasteiger partial charge < -0.3 is 19.7 Å². The van der Waals surface area contributed by atoms with E-state index >= 15 is 0 Å². The summed E-state index contributed by atoms with van der Waals surface area (Å²) in [5.41, 5.74) is -1.37. The fourth-order valence-corrected chi connectivity index (χ4v) is 9.19. The summed E-state index contributed by atoms with van der Waals surface area (Å²) in [4.78, 5) is 27.4. The van der Waals surface area contributed by atoms with E-state index in [0.29, 0.717) is 18.4 Å². The Morgan fingerprint density at radius 3 is 2.72 bits per heavy atom. The number of esters is 1. The fourth-order valence-electron chi connectivity index (χ4n) is 9.19. The van der Waals surface area contributed by atoms with Crippen molar-refractivity contribution < 1.29 is 29.3 Å². The lowest BCUT2D eigenvalue weighted by Crippen LogP contribution is -2.83. The lowest BCUT2D eigenvalue weighted by molar-refractivity contribution is -0.436. The standard InChI is InChI=1S/C33H34O6/c1-19-23-12-13-24-31-16-6-15-30(2,3)26(31)28(36)33(37,38-18-31)32(24,27(19)35)29(23)39-25(34)14-10-20-9-11-21-7-4-5-8-22(21)17-20/h4-11,14,16-17,23-24,26,28-29,36-37H,1,12-13,15,18H2,2-3H3/b14-10+/t23-,24-,26+,28-,29+,31+,32-,33+/m0/s1. The normalized spacial score (nSPS) is 41.6. The van der Waals surface area contributed by atoms with Crippen LogP contribution in [0.15, 0.2) is 72.8 Å². The summed E-state index contributed by atoms with van der Waals surface area (Å²) in [6, 6.07) is 13.9. The number of ketones is 1. The third-order valence-electron chi connectivity index (χ3n) is 10.7. The van der Waals surface area contributed by atoms with Crippen molar-refractivity contribution in [2.45, 2.75) is 51.1 Å². The molecule has 4 bridgehead atoms. The molecule has 2 aromatic rings. The second-order valence-corrected chi connectivity index (χ2v) is 12.9. The summed E-state index contributed by atoms with van der Waals surface area (Å²) in [6.07, 6.45) is 7.03. The van der Waals surface area contributed by atoms with E-state index in [1.807, 2.05) is 42.5 Å². The van der Waals surface area contributed by atoms with E-state index < -0.39 is 40.7 Å². The second-order valence-electron chi connectivity index (χ2n) is 12.9. The minimum Gasteiger partial charge on any atom is -0.457 e. The van der Waals surface area contributed by atoms with Gasteiger partial charge in [-0.15, -0.1) is 0 Å². The molecule has 202 valence electrons. The van der Waals surface area contributed by atoms with Crippen molar-refractivity contribution in [2.24, 2.45) is 34.0 Å². The Balaban J connectivity index is 1.27. The first kappa shape index (κ1) is 24.9. The predicted molar refractivity (Wildman–Crippen MR) is 146 cm³/mol. The molecule has 0 amide bonds. The summed E-state index contributed by atoms with van der Waals surface area (Å²) in [6.45, 7) is 8.49. The van der Waals surface area contributed by atoms with Gasteiger partial charge in [-0.3, -0.25) is 4.79 Å². The monoisotopic (exact) mass is 526 g/mol. The highest BCUT2D eigenvalue weighted by atomic mass is 16.6. The van der Waals surface area contributed by atoms with Gasteiger partial charge in [0.25, 0.3) is 0 Å². The molecule has 0 radical (unpaired) electrons. The molecule has 2 spiro atoms. The highest BCUT2D eigenvalue weighted by molar-refractivity contribution is 6.05. The smallest absolute Gasteiger partial charge is 0.331 e. The molecule has 2 aliphatic heterocycles. The van der Waals surface area contributed by atoms with Gasteiger partial charge in [0.05, 0.1) is 6.61 Å². The van der Waals surface area contributed by atoms with Gasteiger partial charge in [-0.2, -0.15) is 0 Å². The SMILES string of the molecule is C=C1C(=O)[C@]23[C@H](OC(=O)/C=C/c4ccc5ccccc5c4)[C@H]1CC[C@H]2[C@]12C=CCC(C)(C)[C@H]1[C@H](O)[C@@]3(O)OC2. The summed E-state index contributed by atoms with van der Waals surface area (Å²) < 4.78 is 12.2. The minimum atomic E-state index is -2.17. The first-order valence-electron chi connectivity index (χ1n) is 13.9. The molecule has 6 nitrogen and oxygen atoms in total. The zero-order valence-electron chi connectivity index (χ0n) is 22.3. The molecule has 6 heteroatoms. The van der Waals surface area contributed by atoms with Crippen LogP contribution in [0.3, 0.4) is 0 Å². The minimum absolute atomic E-state index is 0.213. The van der Waals surface area contributed by atoms with Crippen LogP contribution >= 0.6 is 0 Å². The van der Waals surface area contributed by atoms with E-state index in [2.05, 4.69) is 32.6 Å². The third kappa shape index (κ3) is 2.97. The van der Waals surface area contributed by atoms with Crippen molar-refractivity contribution in [1.29, 1.82) is 0 Å². The van der Waals surface area contributed by atoms with Gasteiger partial charge in [-0.25, -0.2) is 4.79 Å². The second kappa shape index (κ2) is 8.00. The topological polar surface area (TPSA) is 93.1 Å². The Morgan fingerprint density at radius 2 is 1.92 bits per heavy atom. The van der Waals surface area contributed by atoms with Gasteiger partial charge >= 0.3 is 5.97 Å². The highest BCUT2D eigenvalue weighted by Gasteiger charge is 2.86. The first-order valence-corrected chi connectivity index (χ1v) is 13.9. The van der Waals surface area contributed by atoms with Gasteiger partial charge in [-0.1, -0.05) is 69.0 Å². The predicted octanol–water partition coefficient (Wildman–Crippen LogP) is 4.60. The van der Waals surface area contributed by atoms with Crippen LogP contribution in [0, 0.1) is 34.0 Å². The molecule has 2 N–H and O–H groups in total. The molecule has 4 aliphatic carbocycles. The van der Waals surface area contributed by atoms with Crippen molar-refractivity contribution in [3.05, 3.63) is 78.4 Å². The first-order chi connectivity index (χ1) is 18.6. The Kier molecular flexibility index (Phi) is 5.12. The summed E-state index contributed by atoms with van der Waals surface area (Å²) >= 11 is 0. The molecular weight excluding hydrogens is 492 g/mol. The maximum Gasteiger partial charge on any atom is 0.331 e. The van der Waals surface area contributed by atoms with Crippen molar-refractivity contribution in [1.82, 2.24) is 0 Å². The van der Waals surface area contributed by atoms with Crippen molar-refractivity contribution in [3.8, 4) is 0 Å². The summed E-state index contributed by atoms with van der Waals surface area (Å²) in [7, 11) is 0. The number of fused-ring (bicyclic) bond motifs is 3. The van der Waals surface area contributed by atoms with Crippen LogP contribution in [0.25, 0.3) is 16.8 Å². The molecule has 5 fully saturated rings. The van der Waals surface area contributed by atoms with E-state index in [9.17, 15) is 19.8 Å². The zero-order valence-corrected chi connectivity index (χ0v) is 22.3. The van der Waals surface area contributed by atoms with Gasteiger partial charge in [-0.05, 0) is 64.6 Å². The van der Waals surface area contributed by atoms with E-state index in [-0.39, 0.29) is 29.6 Å². The fraction of sp³-hybridized carbons (Fsp3) is 0.455. The lowest BCUT2D eigenvalue weighted by atomic mass is 9.37. The van der Waals surface area contributed by atoms with Gasteiger partial charge in [0.1, 0.15) is 17.6 Å². The molecular formula is C33H34O6. The number of aliphatic hydroxyl groups excluding tert-OH is 1. The van der Waals surface area contributed by atoms with Crippen molar-refractivity contribution >= 4 is 28.6 Å². The van der Waals surface area contributed by atoms with Crippen LogP contribution in [0.4, 0.5) is 0 Å². The van der Waals surface area contributed by atoms with Crippen LogP contribution in [0.2, 0.25) is 0 Å². The lowest BCUT2D eigenvalue weighted by Gasteiger charge is -2.72. The van der Waals surface area contributed by atoms with Crippen LogP contribution in [0.1, 0.15) is 38.7 Å². The third-order valence-corrected chi connectivity index (χ3v) is 10.7. The van der Waals surface area contributed by atoms with Crippen LogP contribution in [-0.2, 0) is 19.1 Å². The number of rotatable bonds is 3. The molecule has 6 aliphatic rings. The van der Waals surface area contributed by atoms with Gasteiger partial charge in [0.15, 0.2) is 5.78 Å². The Labute approximate surface area is 228 Å². The number of Topliss-reactive ketones (excluding diaryl/α,β-unsaturated/α-hetero) is 1. The Bertz CT molecular complexity index is 1490. The largest absolute Gasteiger partial charge is 0.457 e. The van der Waals surface area contributed by atoms with E-state index in [4.69, 9.17) is 9.47 Å². The number of hydrogen-bond acceptors (Lipinski definition) is 6. The van der Waals surface area contributed by atoms with Crippen LogP contribution in [-0.4, -0.2) is 46.6 Å². The molecule has 2 saturated heterocycles. The number of benzene rings is 2. The van der Waals surface area contributed by atoms with E-state index in [1.165, 1.54) is 6.08 Å². The summed E-state index contributed by atoms with van der Waals surface area (Å²) in [5.74, 6) is -4.20. The number of carbonyl (C=O) groups is 2. The Morgan fingerprint density at radius 1 is 1.15 bits per heavy atom. The average molecular weight is 527 g/mol. The molecule has 8 atom stereocenters. The maximum absolute atomic E-state index is 14.1.